The van der Waals surface area contributed by atoms with Crippen molar-refractivity contribution in [1.82, 2.24) is 14.6 Å². The fraction of sp³-hybridized carbons (Fsp3) is 0.0870. The number of hydrogen-bond donors (Lipinski definition) is 1. The zero-order valence-electron chi connectivity index (χ0n) is 17.1. The van der Waals surface area contributed by atoms with E-state index >= 15 is 0 Å². The molecule has 4 heterocycles. The average molecular weight is 458 g/mol. The summed E-state index contributed by atoms with van der Waals surface area (Å²) in [5, 5.41) is 14.5. The van der Waals surface area contributed by atoms with Crippen molar-refractivity contribution in [3.8, 4) is 11.6 Å². The molecular formula is C23H14N4O5S. The number of amides is 1. The number of benzene rings is 2. The summed E-state index contributed by atoms with van der Waals surface area (Å²) in [5.74, 6) is -0.909. The summed E-state index contributed by atoms with van der Waals surface area (Å²) < 4.78 is 7.24. The van der Waals surface area contributed by atoms with Crippen LogP contribution in [0.1, 0.15) is 11.1 Å². The SMILES string of the molecule is Cc1c(-c2nc3sc(=C4C(=O)N(CC(=O)O)c5ccccc54)c(=O)n3n2)oc2ccccc12. The third-order valence-corrected chi connectivity index (χ3v) is 6.68. The van der Waals surface area contributed by atoms with Crippen molar-refractivity contribution < 1.29 is 19.1 Å². The Kier molecular flexibility index (Phi) is 4.02. The number of hydrogen-bond acceptors (Lipinski definition) is 7. The number of aryl methyl sites for hydroxylation is 1. The lowest BCUT2D eigenvalue weighted by molar-refractivity contribution is -0.136. The number of aliphatic carboxylic acids is 1. The summed E-state index contributed by atoms with van der Waals surface area (Å²) in [6.45, 7) is 1.41. The first-order valence-corrected chi connectivity index (χ1v) is 10.8. The molecule has 0 bridgehead atoms. The molecule has 2 aromatic carbocycles. The van der Waals surface area contributed by atoms with Crippen LogP contribution in [0.5, 0.6) is 0 Å². The highest BCUT2D eigenvalue weighted by Gasteiger charge is 2.35. The molecule has 33 heavy (non-hydrogen) atoms. The van der Waals surface area contributed by atoms with Gasteiger partial charge in [-0.25, -0.2) is 0 Å². The van der Waals surface area contributed by atoms with Crippen molar-refractivity contribution in [3.63, 3.8) is 0 Å². The number of fused-ring (bicyclic) bond motifs is 3. The number of carbonyl (C=O) groups excluding carboxylic acids is 1. The third kappa shape index (κ3) is 2.74. The van der Waals surface area contributed by atoms with Crippen LogP contribution in [-0.4, -0.2) is 38.1 Å². The highest BCUT2D eigenvalue weighted by Crippen LogP contribution is 2.35. The molecule has 6 rings (SSSR count). The van der Waals surface area contributed by atoms with E-state index in [9.17, 15) is 19.5 Å². The summed E-state index contributed by atoms with van der Waals surface area (Å²) >= 11 is 1.04. The molecule has 5 aromatic rings. The predicted octanol–water partition coefficient (Wildman–Crippen LogP) is 2.22. The van der Waals surface area contributed by atoms with Crippen LogP contribution in [0.25, 0.3) is 33.1 Å². The second kappa shape index (κ2) is 6.84. The maximum Gasteiger partial charge on any atom is 0.323 e. The molecule has 0 spiro atoms. The highest BCUT2D eigenvalue weighted by molar-refractivity contribution is 7.15. The lowest BCUT2D eigenvalue weighted by atomic mass is 10.1. The highest BCUT2D eigenvalue weighted by atomic mass is 32.1. The van der Waals surface area contributed by atoms with E-state index in [1.165, 1.54) is 0 Å². The van der Waals surface area contributed by atoms with Gasteiger partial charge in [0.2, 0.25) is 10.8 Å². The van der Waals surface area contributed by atoms with Crippen LogP contribution in [0, 0.1) is 6.92 Å². The Morgan fingerprint density at radius 2 is 1.88 bits per heavy atom. The minimum atomic E-state index is -1.14. The summed E-state index contributed by atoms with van der Waals surface area (Å²) in [7, 11) is 0. The van der Waals surface area contributed by atoms with Gasteiger partial charge in [0.15, 0.2) is 5.76 Å². The van der Waals surface area contributed by atoms with Gasteiger partial charge in [-0.3, -0.25) is 19.3 Å². The summed E-state index contributed by atoms with van der Waals surface area (Å²) in [6, 6.07) is 14.4. The minimum absolute atomic E-state index is 0.163. The van der Waals surface area contributed by atoms with Crippen LogP contribution in [-0.2, 0) is 9.59 Å². The van der Waals surface area contributed by atoms with Crippen LogP contribution >= 0.6 is 11.3 Å². The van der Waals surface area contributed by atoms with Gasteiger partial charge >= 0.3 is 5.97 Å². The molecular weight excluding hydrogens is 444 g/mol. The lowest BCUT2D eigenvalue weighted by Crippen LogP contribution is -2.35. The standard InChI is InChI=1S/C23H14N4O5S/c1-11-12-6-3-5-9-15(12)32-18(11)20-24-23-27(25-20)22(31)19(33-23)17-13-7-2-4-8-14(13)26(21(17)30)10-16(28)29/h2-9H,10H2,1H3,(H,28,29). The van der Waals surface area contributed by atoms with E-state index in [4.69, 9.17) is 4.42 Å². The topological polar surface area (TPSA) is 118 Å². The molecule has 1 aliphatic heterocycles. The third-order valence-electron chi connectivity index (χ3n) is 5.65. The van der Waals surface area contributed by atoms with Gasteiger partial charge in [-0.1, -0.05) is 47.7 Å². The van der Waals surface area contributed by atoms with Crippen LogP contribution < -0.4 is 15.0 Å². The van der Waals surface area contributed by atoms with E-state index in [-0.39, 0.29) is 15.9 Å². The normalized spacial score (nSPS) is 15.1. The Balaban J connectivity index is 1.55. The zero-order valence-corrected chi connectivity index (χ0v) is 17.9. The Labute approximate surface area is 188 Å². The van der Waals surface area contributed by atoms with E-state index in [1.54, 1.807) is 24.3 Å². The smallest absolute Gasteiger partial charge is 0.323 e. The number of carboxylic acid groups (broad SMARTS) is 1. The van der Waals surface area contributed by atoms with Crippen molar-refractivity contribution >= 4 is 50.4 Å². The molecule has 0 atom stereocenters. The number of carboxylic acids is 1. The van der Waals surface area contributed by atoms with Gasteiger partial charge in [-0.15, -0.1) is 5.10 Å². The van der Waals surface area contributed by atoms with Crippen LogP contribution in [0.3, 0.4) is 0 Å². The Bertz CT molecular complexity index is 1750. The van der Waals surface area contributed by atoms with Gasteiger partial charge in [-0.05, 0) is 19.1 Å². The van der Waals surface area contributed by atoms with Crippen molar-refractivity contribution in [2.24, 2.45) is 0 Å². The quantitative estimate of drug-likeness (QED) is 0.440. The van der Waals surface area contributed by atoms with Crippen LogP contribution in [0.2, 0.25) is 0 Å². The first kappa shape index (κ1) is 19.4. The molecule has 0 aliphatic carbocycles. The number of anilines is 1. The van der Waals surface area contributed by atoms with E-state index in [2.05, 4.69) is 10.1 Å². The second-order valence-electron chi connectivity index (χ2n) is 7.60. The molecule has 0 saturated heterocycles. The first-order valence-electron chi connectivity index (χ1n) is 9.99. The van der Waals surface area contributed by atoms with Crippen LogP contribution in [0.15, 0.2) is 57.7 Å². The Hall–Kier alpha value is -4.31. The number of nitrogens with zero attached hydrogens (tertiary/aromatic N) is 4. The van der Waals surface area contributed by atoms with Crippen molar-refractivity contribution in [2.75, 3.05) is 11.4 Å². The zero-order chi connectivity index (χ0) is 22.9. The number of rotatable bonds is 3. The molecule has 1 amide bonds. The fourth-order valence-corrected chi connectivity index (χ4v) is 5.16. The first-order chi connectivity index (χ1) is 15.9. The monoisotopic (exact) mass is 458 g/mol. The van der Waals surface area contributed by atoms with Gasteiger partial charge in [0.1, 0.15) is 16.7 Å². The minimum Gasteiger partial charge on any atom is -0.480 e. The number of carbonyl (C=O) groups is 2. The van der Waals surface area contributed by atoms with Gasteiger partial charge in [0.25, 0.3) is 11.5 Å². The van der Waals surface area contributed by atoms with Gasteiger partial charge in [0, 0.05) is 16.5 Å². The molecule has 1 aliphatic rings. The molecule has 0 unspecified atom stereocenters. The molecule has 0 fully saturated rings. The average Bonchev–Trinajstić information content (AvgIpc) is 3.51. The maximum absolute atomic E-state index is 13.2. The largest absolute Gasteiger partial charge is 0.480 e. The Morgan fingerprint density at radius 1 is 1.12 bits per heavy atom. The van der Waals surface area contributed by atoms with E-state index in [0.29, 0.717) is 27.6 Å². The van der Waals surface area contributed by atoms with E-state index in [0.717, 1.165) is 31.7 Å². The van der Waals surface area contributed by atoms with Crippen molar-refractivity contribution in [2.45, 2.75) is 6.92 Å². The van der Waals surface area contributed by atoms with E-state index in [1.807, 2.05) is 31.2 Å². The number of furan rings is 1. The van der Waals surface area contributed by atoms with Crippen LogP contribution in [0.4, 0.5) is 5.69 Å². The van der Waals surface area contributed by atoms with Gasteiger partial charge < -0.3 is 9.52 Å². The summed E-state index contributed by atoms with van der Waals surface area (Å²) in [5.41, 5.74) is 2.22. The number of thiazole rings is 1. The van der Waals surface area contributed by atoms with Gasteiger partial charge in [-0.2, -0.15) is 9.50 Å². The summed E-state index contributed by atoms with van der Waals surface area (Å²) in [6.07, 6.45) is 0. The van der Waals surface area contributed by atoms with Crippen molar-refractivity contribution in [3.05, 3.63) is 74.5 Å². The second-order valence-corrected chi connectivity index (χ2v) is 8.57. The molecule has 1 N–H and O–H groups in total. The molecule has 9 nitrogen and oxygen atoms in total. The molecule has 3 aromatic heterocycles. The van der Waals surface area contributed by atoms with E-state index < -0.39 is 24.0 Å². The molecule has 0 saturated carbocycles. The number of aromatic nitrogens is 3. The Morgan fingerprint density at radius 3 is 2.64 bits per heavy atom. The molecule has 0 radical (unpaired) electrons. The van der Waals surface area contributed by atoms with Crippen molar-refractivity contribution in [1.29, 1.82) is 0 Å². The lowest BCUT2D eigenvalue weighted by Gasteiger charge is -2.13. The number of para-hydroxylation sites is 2. The summed E-state index contributed by atoms with van der Waals surface area (Å²) in [4.78, 5) is 43.6. The molecule has 162 valence electrons. The van der Waals surface area contributed by atoms with Gasteiger partial charge in [0.05, 0.1) is 11.3 Å². The molecule has 10 heteroatoms. The maximum atomic E-state index is 13.2. The predicted molar refractivity (Wildman–Crippen MR) is 121 cm³/mol. The fourth-order valence-electron chi connectivity index (χ4n) is 4.16.